The lowest BCUT2D eigenvalue weighted by Gasteiger charge is -2.54. The van der Waals surface area contributed by atoms with E-state index >= 15 is 0 Å². The second-order valence-electron chi connectivity index (χ2n) is 8.87. The molecule has 2 fully saturated rings. The van der Waals surface area contributed by atoms with Crippen LogP contribution in [0.4, 0.5) is 8.78 Å². The number of aromatic nitrogens is 3. The summed E-state index contributed by atoms with van der Waals surface area (Å²) in [5.74, 6) is -1.51. The fourth-order valence-electron chi connectivity index (χ4n) is 4.66. The maximum atomic E-state index is 14.8. The van der Waals surface area contributed by atoms with E-state index in [1.807, 2.05) is 0 Å². The Balaban J connectivity index is 1.49. The molecule has 0 radical (unpaired) electrons. The Morgan fingerprint density at radius 1 is 1.12 bits per heavy atom. The fourth-order valence-corrected chi connectivity index (χ4v) is 5.06. The van der Waals surface area contributed by atoms with Crippen molar-refractivity contribution in [1.82, 2.24) is 19.7 Å². The SMILES string of the molecule is C[C@@H]1N=C(c2c(F)cccc2F)c2c(ccc(Cl)c2Cl)-n2nc(C(=O)N3CC4(COC4)C3)nc21. The first-order valence-corrected chi connectivity index (χ1v) is 11.4. The zero-order valence-corrected chi connectivity index (χ0v) is 19.4. The number of amides is 1. The Bertz CT molecular complexity index is 1370. The molecule has 0 N–H and O–H groups in total. The second kappa shape index (κ2) is 7.56. The third-order valence-corrected chi connectivity index (χ3v) is 7.22. The normalized spacial score (nSPS) is 20.1. The van der Waals surface area contributed by atoms with Gasteiger partial charge in [-0.1, -0.05) is 29.3 Å². The number of likely N-dealkylation sites (tertiary alicyclic amines) is 1. The van der Waals surface area contributed by atoms with Crippen LogP contribution in [0.2, 0.25) is 10.0 Å². The molecule has 6 rings (SSSR count). The highest BCUT2D eigenvalue weighted by Crippen LogP contribution is 2.40. The maximum absolute atomic E-state index is 14.8. The van der Waals surface area contributed by atoms with Gasteiger partial charge in [0.1, 0.15) is 17.7 Å². The number of hydrogen-bond donors (Lipinski definition) is 0. The molecule has 3 aromatic rings. The average Bonchev–Trinajstić information content (AvgIpc) is 3.14. The van der Waals surface area contributed by atoms with Crippen LogP contribution in [0.15, 0.2) is 35.3 Å². The minimum absolute atomic E-state index is 0.000412. The molecule has 2 aromatic carbocycles. The zero-order valence-electron chi connectivity index (χ0n) is 17.9. The molecule has 7 nitrogen and oxygen atoms in total. The number of ether oxygens (including phenoxy) is 1. The highest BCUT2D eigenvalue weighted by atomic mass is 35.5. The van der Waals surface area contributed by atoms with Gasteiger partial charge in [0.15, 0.2) is 5.82 Å². The van der Waals surface area contributed by atoms with E-state index in [0.717, 1.165) is 12.1 Å². The molecule has 4 heterocycles. The summed E-state index contributed by atoms with van der Waals surface area (Å²) < 4.78 is 36.3. The van der Waals surface area contributed by atoms with Crippen LogP contribution in [0.5, 0.6) is 0 Å². The molecule has 0 aliphatic carbocycles. The third kappa shape index (κ3) is 3.10. The minimum Gasteiger partial charge on any atom is -0.380 e. The van der Waals surface area contributed by atoms with Crippen molar-refractivity contribution in [3.05, 3.63) is 74.8 Å². The van der Waals surface area contributed by atoms with E-state index in [-0.39, 0.29) is 44.0 Å². The average molecular weight is 504 g/mol. The Kier molecular flexibility index (Phi) is 4.81. The van der Waals surface area contributed by atoms with E-state index in [1.54, 1.807) is 24.0 Å². The standard InChI is InChI=1S/C23H17Cl2F2N5O2/c1-11-21-29-20(22(33)31-7-23(8-31)9-34-10-23)30-32(21)15-6-5-12(24)18(25)17(15)19(28-11)16-13(26)3-2-4-14(16)27/h2-6,11H,7-10H2,1H3/t11-/m0/s1. The summed E-state index contributed by atoms with van der Waals surface area (Å²) in [5, 5.41) is 4.72. The molecular weight excluding hydrogens is 487 g/mol. The van der Waals surface area contributed by atoms with Gasteiger partial charge in [-0.3, -0.25) is 9.79 Å². The van der Waals surface area contributed by atoms with E-state index in [1.165, 1.54) is 10.7 Å². The van der Waals surface area contributed by atoms with Crippen molar-refractivity contribution in [3.63, 3.8) is 0 Å². The number of nitrogens with zero attached hydrogens (tertiary/aromatic N) is 5. The number of benzene rings is 2. The van der Waals surface area contributed by atoms with Crippen LogP contribution in [-0.2, 0) is 4.74 Å². The van der Waals surface area contributed by atoms with Gasteiger partial charge in [0.05, 0.1) is 45.6 Å². The van der Waals surface area contributed by atoms with E-state index in [4.69, 9.17) is 27.9 Å². The smallest absolute Gasteiger partial charge is 0.293 e. The molecule has 1 aromatic heterocycles. The maximum Gasteiger partial charge on any atom is 0.293 e. The van der Waals surface area contributed by atoms with E-state index in [2.05, 4.69) is 15.1 Å². The summed E-state index contributed by atoms with van der Waals surface area (Å²) >= 11 is 12.8. The molecular formula is C23H17Cl2F2N5O2. The van der Waals surface area contributed by atoms with Gasteiger partial charge in [0.2, 0.25) is 5.82 Å². The molecule has 0 bridgehead atoms. The first-order valence-electron chi connectivity index (χ1n) is 10.6. The number of aliphatic imine (C=N–C) groups is 1. The van der Waals surface area contributed by atoms with Crippen molar-refractivity contribution in [2.75, 3.05) is 26.3 Å². The number of fused-ring (bicyclic) bond motifs is 3. The topological polar surface area (TPSA) is 72.6 Å². The highest BCUT2D eigenvalue weighted by Gasteiger charge is 2.51. The Morgan fingerprint density at radius 3 is 2.47 bits per heavy atom. The molecule has 0 unspecified atom stereocenters. The monoisotopic (exact) mass is 503 g/mol. The Labute approximate surface area is 203 Å². The van der Waals surface area contributed by atoms with Crippen molar-refractivity contribution >= 4 is 34.8 Å². The summed E-state index contributed by atoms with van der Waals surface area (Å²) in [7, 11) is 0. The lowest BCUT2D eigenvalue weighted by atomic mass is 9.78. The van der Waals surface area contributed by atoms with Gasteiger partial charge < -0.3 is 9.64 Å². The Hall–Kier alpha value is -2.88. The summed E-state index contributed by atoms with van der Waals surface area (Å²) in [4.78, 5) is 23.8. The van der Waals surface area contributed by atoms with Crippen molar-refractivity contribution in [1.29, 1.82) is 0 Å². The summed E-state index contributed by atoms with van der Waals surface area (Å²) in [6, 6.07) is 6.05. The van der Waals surface area contributed by atoms with Gasteiger partial charge in [-0.15, -0.1) is 5.10 Å². The lowest BCUT2D eigenvalue weighted by molar-refractivity contribution is -0.176. The van der Waals surface area contributed by atoms with Crippen molar-refractivity contribution in [2.45, 2.75) is 13.0 Å². The molecule has 174 valence electrons. The number of halogens is 4. The zero-order chi connectivity index (χ0) is 23.8. The molecule has 1 atom stereocenters. The summed E-state index contributed by atoms with van der Waals surface area (Å²) in [5.41, 5.74) is 0.312. The van der Waals surface area contributed by atoms with Gasteiger partial charge in [-0.05, 0) is 31.2 Å². The van der Waals surface area contributed by atoms with Crippen molar-refractivity contribution in [2.24, 2.45) is 10.4 Å². The molecule has 0 saturated carbocycles. The quantitative estimate of drug-likeness (QED) is 0.524. The van der Waals surface area contributed by atoms with E-state index in [0.29, 0.717) is 37.8 Å². The number of carbonyl (C=O) groups excluding carboxylic acids is 1. The molecule has 34 heavy (non-hydrogen) atoms. The summed E-state index contributed by atoms with van der Waals surface area (Å²) in [6.07, 6.45) is 0. The summed E-state index contributed by atoms with van der Waals surface area (Å²) in [6.45, 7) is 4.20. The van der Waals surface area contributed by atoms with Crippen LogP contribution in [-0.4, -0.2) is 57.6 Å². The number of hydrogen-bond acceptors (Lipinski definition) is 5. The van der Waals surface area contributed by atoms with Crippen LogP contribution in [0, 0.1) is 17.0 Å². The third-order valence-electron chi connectivity index (χ3n) is 6.41. The number of rotatable bonds is 2. The lowest BCUT2D eigenvalue weighted by Crippen LogP contribution is -2.67. The predicted molar refractivity (Wildman–Crippen MR) is 121 cm³/mol. The largest absolute Gasteiger partial charge is 0.380 e. The van der Waals surface area contributed by atoms with Crippen LogP contribution >= 0.6 is 23.2 Å². The molecule has 11 heteroatoms. The first-order chi connectivity index (χ1) is 16.3. The van der Waals surface area contributed by atoms with Gasteiger partial charge in [-0.25, -0.2) is 18.4 Å². The van der Waals surface area contributed by atoms with Crippen LogP contribution in [0.25, 0.3) is 5.69 Å². The van der Waals surface area contributed by atoms with Crippen LogP contribution in [0.1, 0.15) is 40.5 Å². The predicted octanol–water partition coefficient (Wildman–Crippen LogP) is 4.24. The van der Waals surface area contributed by atoms with Gasteiger partial charge in [-0.2, -0.15) is 0 Å². The minimum atomic E-state index is -0.789. The van der Waals surface area contributed by atoms with Crippen molar-refractivity contribution < 1.29 is 18.3 Å². The molecule has 1 amide bonds. The Morgan fingerprint density at radius 2 is 1.82 bits per heavy atom. The van der Waals surface area contributed by atoms with Gasteiger partial charge >= 0.3 is 0 Å². The fraction of sp³-hybridized carbons (Fsp3) is 0.304. The van der Waals surface area contributed by atoms with Crippen LogP contribution in [0.3, 0.4) is 0 Å². The van der Waals surface area contributed by atoms with E-state index in [9.17, 15) is 13.6 Å². The number of carbonyl (C=O) groups is 1. The second-order valence-corrected chi connectivity index (χ2v) is 9.65. The first kappa shape index (κ1) is 21.6. The highest BCUT2D eigenvalue weighted by molar-refractivity contribution is 6.45. The molecule has 2 saturated heterocycles. The van der Waals surface area contributed by atoms with E-state index < -0.39 is 17.7 Å². The van der Waals surface area contributed by atoms with Gasteiger partial charge in [0, 0.05) is 18.7 Å². The van der Waals surface area contributed by atoms with Crippen LogP contribution < -0.4 is 0 Å². The molecule has 3 aliphatic heterocycles. The van der Waals surface area contributed by atoms with Crippen molar-refractivity contribution in [3.8, 4) is 5.69 Å². The molecule has 1 spiro atoms. The molecule has 3 aliphatic rings. The van der Waals surface area contributed by atoms with Gasteiger partial charge in [0.25, 0.3) is 5.91 Å².